The molecule has 1 saturated heterocycles. The fourth-order valence-corrected chi connectivity index (χ4v) is 4.08. The van der Waals surface area contributed by atoms with Gasteiger partial charge in [-0.1, -0.05) is 12.1 Å². The average Bonchev–Trinajstić information content (AvgIpc) is 3.02. The Balaban J connectivity index is 2.23. The number of aryl methyl sites for hydroxylation is 2. The van der Waals surface area contributed by atoms with Gasteiger partial charge in [0.05, 0.1) is 37.1 Å². The largest absolute Gasteiger partial charge is 0.507 e. The first-order chi connectivity index (χ1) is 15.7. The summed E-state index contributed by atoms with van der Waals surface area (Å²) in [5.41, 5.74) is 1.34. The summed E-state index contributed by atoms with van der Waals surface area (Å²) >= 11 is 0. The van der Waals surface area contributed by atoms with Crippen molar-refractivity contribution < 1.29 is 24.2 Å². The lowest BCUT2D eigenvalue weighted by Gasteiger charge is -2.27. The molecule has 9 nitrogen and oxygen atoms in total. The number of carbonyl (C=O) groups is 2. The first-order valence-electron chi connectivity index (χ1n) is 10.7. The highest BCUT2D eigenvalue weighted by Crippen LogP contribution is 2.45. The third kappa shape index (κ3) is 4.68. The van der Waals surface area contributed by atoms with Gasteiger partial charge >= 0.3 is 0 Å². The molecule has 3 rings (SSSR count). The fourth-order valence-electron chi connectivity index (χ4n) is 4.08. The van der Waals surface area contributed by atoms with Crippen molar-refractivity contribution in [3.8, 4) is 11.5 Å². The maximum Gasteiger partial charge on any atom is 0.295 e. The fraction of sp³-hybridized carbons (Fsp3) is 0.417. The first kappa shape index (κ1) is 24.2. The third-order valence-electron chi connectivity index (χ3n) is 5.63. The van der Waals surface area contributed by atoms with Crippen LogP contribution in [-0.4, -0.2) is 78.0 Å². The number of para-hydroxylation sites is 1. The highest BCUT2D eigenvalue weighted by Gasteiger charge is 2.47. The predicted octanol–water partition coefficient (Wildman–Crippen LogP) is 2.48. The highest BCUT2D eigenvalue weighted by molar-refractivity contribution is 6.46. The molecule has 0 saturated carbocycles. The van der Waals surface area contributed by atoms with Gasteiger partial charge in [-0.3, -0.25) is 9.59 Å². The summed E-state index contributed by atoms with van der Waals surface area (Å²) < 4.78 is 11.0. The van der Waals surface area contributed by atoms with E-state index >= 15 is 0 Å². The van der Waals surface area contributed by atoms with Gasteiger partial charge in [-0.2, -0.15) is 0 Å². The summed E-state index contributed by atoms with van der Waals surface area (Å²) in [6.07, 6.45) is 2.11. The van der Waals surface area contributed by atoms with Crippen LogP contribution in [0.4, 0.5) is 0 Å². The monoisotopic (exact) mass is 454 g/mol. The van der Waals surface area contributed by atoms with E-state index in [4.69, 9.17) is 9.47 Å². The van der Waals surface area contributed by atoms with E-state index in [1.807, 2.05) is 19.0 Å². The standard InChI is InChI=1S/C24H30N4O5/c1-14-17(13-25-15(2)26-14)21(29)19-20(16-9-7-10-18(32-5)23(16)33-6)28(24(31)22(19)30)12-8-11-27(3)4/h7,9-10,13,20,29H,8,11-12H2,1-6H3. The number of likely N-dealkylation sites (tertiary alicyclic amines) is 1. The Hall–Kier alpha value is -3.46. The minimum Gasteiger partial charge on any atom is -0.507 e. The number of aromatic nitrogens is 2. The van der Waals surface area contributed by atoms with Crippen molar-refractivity contribution in [2.75, 3.05) is 41.4 Å². The zero-order chi connectivity index (χ0) is 24.3. The Bertz CT molecular complexity index is 1100. The Morgan fingerprint density at radius 1 is 1.18 bits per heavy atom. The highest BCUT2D eigenvalue weighted by atomic mass is 16.5. The minimum atomic E-state index is -0.849. The van der Waals surface area contributed by atoms with Crippen molar-refractivity contribution in [1.29, 1.82) is 0 Å². The van der Waals surface area contributed by atoms with Crippen molar-refractivity contribution in [3.05, 3.63) is 52.6 Å². The van der Waals surface area contributed by atoms with Gasteiger partial charge < -0.3 is 24.4 Å². The van der Waals surface area contributed by atoms with Crippen molar-refractivity contribution in [1.82, 2.24) is 19.8 Å². The van der Waals surface area contributed by atoms with Gasteiger partial charge in [0.1, 0.15) is 11.6 Å². The van der Waals surface area contributed by atoms with Crippen molar-refractivity contribution in [3.63, 3.8) is 0 Å². The van der Waals surface area contributed by atoms with Crippen molar-refractivity contribution in [2.24, 2.45) is 0 Å². The number of ketones is 1. The van der Waals surface area contributed by atoms with Gasteiger partial charge in [-0.25, -0.2) is 9.97 Å². The van der Waals surface area contributed by atoms with E-state index in [-0.39, 0.29) is 11.3 Å². The summed E-state index contributed by atoms with van der Waals surface area (Å²) in [6.45, 7) is 4.52. The molecule has 1 N–H and O–H groups in total. The van der Waals surface area contributed by atoms with Crippen LogP contribution >= 0.6 is 0 Å². The molecular formula is C24H30N4O5. The van der Waals surface area contributed by atoms with E-state index in [0.29, 0.717) is 47.1 Å². The molecular weight excluding hydrogens is 424 g/mol. The Labute approximate surface area is 193 Å². The summed E-state index contributed by atoms with van der Waals surface area (Å²) in [6, 6.07) is 4.41. The third-order valence-corrected chi connectivity index (χ3v) is 5.63. The van der Waals surface area contributed by atoms with Gasteiger partial charge in [0.2, 0.25) is 0 Å². The predicted molar refractivity (Wildman–Crippen MR) is 123 cm³/mol. The maximum atomic E-state index is 13.2. The van der Waals surface area contributed by atoms with E-state index < -0.39 is 17.7 Å². The number of Topliss-reactive ketones (excluding diaryl/α,β-unsaturated/α-hetero) is 1. The van der Waals surface area contributed by atoms with Crippen LogP contribution in [0.25, 0.3) is 5.76 Å². The van der Waals surface area contributed by atoms with E-state index in [0.717, 1.165) is 6.54 Å². The zero-order valence-corrected chi connectivity index (χ0v) is 19.9. The van der Waals surface area contributed by atoms with Crippen LogP contribution in [-0.2, 0) is 9.59 Å². The minimum absolute atomic E-state index is 0.0213. The number of hydrogen-bond donors (Lipinski definition) is 1. The lowest BCUT2D eigenvalue weighted by Crippen LogP contribution is -2.32. The van der Waals surface area contributed by atoms with Crippen LogP contribution < -0.4 is 9.47 Å². The Kier molecular flexibility index (Phi) is 7.33. The molecule has 2 heterocycles. The molecule has 1 aromatic carbocycles. The van der Waals surface area contributed by atoms with Crippen LogP contribution in [0.3, 0.4) is 0 Å². The lowest BCUT2D eigenvalue weighted by molar-refractivity contribution is -0.140. The topological polar surface area (TPSA) is 105 Å². The molecule has 1 aliphatic rings. The van der Waals surface area contributed by atoms with Crippen LogP contribution in [0.1, 0.15) is 35.1 Å². The molecule has 0 aliphatic carbocycles. The number of ether oxygens (including phenoxy) is 2. The molecule has 2 aromatic rings. The molecule has 1 unspecified atom stereocenters. The average molecular weight is 455 g/mol. The van der Waals surface area contributed by atoms with Crippen molar-refractivity contribution >= 4 is 17.4 Å². The lowest BCUT2D eigenvalue weighted by atomic mass is 9.94. The van der Waals surface area contributed by atoms with E-state index in [1.165, 1.54) is 25.3 Å². The van der Waals surface area contributed by atoms with Crippen LogP contribution in [0.2, 0.25) is 0 Å². The number of amides is 1. The molecule has 1 fully saturated rings. The van der Waals surface area contributed by atoms with Crippen LogP contribution in [0, 0.1) is 13.8 Å². The quantitative estimate of drug-likeness (QED) is 0.369. The number of carbonyl (C=O) groups excluding carboxylic acids is 2. The SMILES string of the molecule is COc1cccc(C2C(=C(O)c3cnc(C)nc3C)C(=O)C(=O)N2CCCN(C)C)c1OC. The number of benzene rings is 1. The summed E-state index contributed by atoms with van der Waals surface area (Å²) in [7, 11) is 6.90. The molecule has 1 aromatic heterocycles. The molecule has 9 heteroatoms. The van der Waals surface area contributed by atoms with Gasteiger partial charge in [0.25, 0.3) is 11.7 Å². The first-order valence-corrected chi connectivity index (χ1v) is 10.7. The van der Waals surface area contributed by atoms with Gasteiger partial charge in [-0.15, -0.1) is 0 Å². The van der Waals surface area contributed by atoms with Crippen LogP contribution in [0.15, 0.2) is 30.0 Å². The second kappa shape index (κ2) is 9.99. The van der Waals surface area contributed by atoms with Crippen LogP contribution in [0.5, 0.6) is 11.5 Å². The smallest absolute Gasteiger partial charge is 0.295 e. The molecule has 33 heavy (non-hydrogen) atoms. The molecule has 1 aliphatic heterocycles. The molecule has 1 amide bonds. The summed E-state index contributed by atoms with van der Waals surface area (Å²) in [5, 5.41) is 11.3. The Morgan fingerprint density at radius 2 is 1.91 bits per heavy atom. The normalized spacial score (nSPS) is 17.7. The molecule has 0 radical (unpaired) electrons. The molecule has 176 valence electrons. The van der Waals surface area contributed by atoms with E-state index in [2.05, 4.69) is 9.97 Å². The number of aliphatic hydroxyl groups excluding tert-OH is 1. The Morgan fingerprint density at radius 3 is 2.52 bits per heavy atom. The van der Waals surface area contributed by atoms with Gasteiger partial charge in [0, 0.05) is 18.3 Å². The number of hydrogen-bond acceptors (Lipinski definition) is 8. The number of nitrogens with zero attached hydrogens (tertiary/aromatic N) is 4. The number of methoxy groups -OCH3 is 2. The van der Waals surface area contributed by atoms with Gasteiger partial charge in [-0.05, 0) is 47.0 Å². The summed E-state index contributed by atoms with van der Waals surface area (Å²) in [5.74, 6) is -0.339. The number of aliphatic hydroxyl groups is 1. The molecule has 0 spiro atoms. The zero-order valence-electron chi connectivity index (χ0n) is 19.9. The van der Waals surface area contributed by atoms with E-state index in [1.54, 1.807) is 32.0 Å². The second-order valence-corrected chi connectivity index (χ2v) is 8.15. The molecule has 0 bridgehead atoms. The summed E-state index contributed by atoms with van der Waals surface area (Å²) in [4.78, 5) is 38.3. The second-order valence-electron chi connectivity index (χ2n) is 8.15. The van der Waals surface area contributed by atoms with Crippen molar-refractivity contribution in [2.45, 2.75) is 26.3 Å². The van der Waals surface area contributed by atoms with Gasteiger partial charge in [0.15, 0.2) is 11.5 Å². The van der Waals surface area contributed by atoms with E-state index in [9.17, 15) is 14.7 Å². The number of rotatable bonds is 8. The molecule has 1 atom stereocenters. The maximum absolute atomic E-state index is 13.2.